The monoisotopic (exact) mass is 356 g/mol. The van der Waals surface area contributed by atoms with E-state index in [2.05, 4.69) is 4.72 Å². The maximum Gasteiger partial charge on any atom is 0.271 e. The van der Waals surface area contributed by atoms with Crippen molar-refractivity contribution < 1.29 is 18.1 Å². The first-order valence-electron chi connectivity index (χ1n) is 6.40. The number of hydrogen-bond acceptors (Lipinski definition) is 5. The van der Waals surface area contributed by atoms with Gasteiger partial charge in [0.15, 0.2) is 0 Å². The Labute approximate surface area is 138 Å². The Bertz CT molecular complexity index is 839. The van der Waals surface area contributed by atoms with E-state index >= 15 is 0 Å². The van der Waals surface area contributed by atoms with Crippen LogP contribution in [0.25, 0.3) is 0 Å². The fourth-order valence-corrected chi connectivity index (χ4v) is 3.28. The fourth-order valence-electron chi connectivity index (χ4n) is 1.88. The van der Waals surface area contributed by atoms with Crippen LogP contribution in [-0.4, -0.2) is 20.5 Å². The van der Waals surface area contributed by atoms with Crippen LogP contribution >= 0.6 is 11.6 Å². The lowest BCUT2D eigenvalue weighted by Gasteiger charge is -2.11. The molecule has 122 valence electrons. The van der Waals surface area contributed by atoms with E-state index in [1.807, 2.05) is 0 Å². The summed E-state index contributed by atoms with van der Waals surface area (Å²) in [5.74, 6) is 0.0160. The minimum absolute atomic E-state index is 0.0160. The first-order valence-corrected chi connectivity index (χ1v) is 8.27. The lowest BCUT2D eigenvalue weighted by molar-refractivity contribution is -0.385. The molecular weight excluding hydrogens is 344 g/mol. The predicted molar refractivity (Wildman–Crippen MR) is 85.1 cm³/mol. The van der Waals surface area contributed by atoms with Gasteiger partial charge in [0.05, 0.1) is 12.0 Å². The summed E-state index contributed by atoms with van der Waals surface area (Å²) >= 11 is 5.98. The molecule has 0 aliphatic carbocycles. The molecule has 2 aromatic rings. The number of nitro benzene ring substituents is 1. The van der Waals surface area contributed by atoms with Crippen LogP contribution in [0.3, 0.4) is 0 Å². The van der Waals surface area contributed by atoms with Gasteiger partial charge < -0.3 is 4.74 Å². The van der Waals surface area contributed by atoms with Crippen LogP contribution in [0.4, 0.5) is 5.69 Å². The van der Waals surface area contributed by atoms with Crippen molar-refractivity contribution in [3.05, 3.63) is 63.2 Å². The molecule has 0 saturated heterocycles. The van der Waals surface area contributed by atoms with Crippen LogP contribution in [0.15, 0.2) is 47.4 Å². The molecule has 0 atom stereocenters. The Morgan fingerprint density at radius 2 is 1.96 bits per heavy atom. The van der Waals surface area contributed by atoms with Crippen molar-refractivity contribution in [3.63, 3.8) is 0 Å². The molecule has 9 heteroatoms. The van der Waals surface area contributed by atoms with E-state index < -0.39 is 14.9 Å². The van der Waals surface area contributed by atoms with Gasteiger partial charge in [0, 0.05) is 23.7 Å². The highest BCUT2D eigenvalue weighted by Crippen LogP contribution is 2.28. The summed E-state index contributed by atoms with van der Waals surface area (Å²) in [4.78, 5) is 9.86. The third-order valence-corrected chi connectivity index (χ3v) is 4.85. The molecule has 0 spiro atoms. The van der Waals surface area contributed by atoms with Gasteiger partial charge in [-0.25, -0.2) is 13.1 Å². The maximum atomic E-state index is 12.4. The summed E-state index contributed by atoms with van der Waals surface area (Å²) in [5.41, 5.74) is 0.242. The number of nitrogens with one attached hydrogen (secondary N) is 1. The van der Waals surface area contributed by atoms with Crippen LogP contribution in [0.5, 0.6) is 5.75 Å². The Morgan fingerprint density at radius 3 is 2.57 bits per heavy atom. The van der Waals surface area contributed by atoms with Gasteiger partial charge in [0.25, 0.3) is 5.69 Å². The Morgan fingerprint density at radius 1 is 1.26 bits per heavy atom. The van der Waals surface area contributed by atoms with Gasteiger partial charge in [-0.3, -0.25) is 10.1 Å². The molecule has 0 aliphatic rings. The molecule has 0 amide bonds. The van der Waals surface area contributed by atoms with Gasteiger partial charge in [-0.05, 0) is 17.7 Å². The Balaban J connectivity index is 2.33. The summed E-state index contributed by atoms with van der Waals surface area (Å²) in [5, 5.41) is 11.3. The summed E-state index contributed by atoms with van der Waals surface area (Å²) in [6.07, 6.45) is 0. The average Bonchev–Trinajstić information content (AvgIpc) is 2.53. The predicted octanol–water partition coefficient (Wildman–Crippen LogP) is 2.74. The van der Waals surface area contributed by atoms with Gasteiger partial charge in [0.1, 0.15) is 10.6 Å². The first kappa shape index (κ1) is 17.2. The summed E-state index contributed by atoms with van der Waals surface area (Å²) in [6.45, 7) is -0.0478. The van der Waals surface area contributed by atoms with Gasteiger partial charge in [-0.2, -0.15) is 0 Å². The van der Waals surface area contributed by atoms with E-state index in [1.54, 1.807) is 24.3 Å². The number of nitrogens with zero attached hydrogens (tertiary/aromatic N) is 1. The summed E-state index contributed by atoms with van der Waals surface area (Å²) in [6, 6.07) is 10.1. The second-order valence-corrected chi connectivity index (χ2v) is 6.65. The summed E-state index contributed by atoms with van der Waals surface area (Å²) in [7, 11) is -2.73. The zero-order chi connectivity index (χ0) is 17.0. The van der Waals surface area contributed by atoms with E-state index in [1.165, 1.54) is 19.2 Å². The molecule has 1 N–H and O–H groups in total. The number of benzene rings is 2. The van der Waals surface area contributed by atoms with Crippen LogP contribution in [0, 0.1) is 10.1 Å². The quantitative estimate of drug-likeness (QED) is 0.633. The lowest BCUT2D eigenvalue weighted by Crippen LogP contribution is -2.24. The van der Waals surface area contributed by atoms with Crippen LogP contribution in [0.2, 0.25) is 5.02 Å². The number of ether oxygens (including phenoxy) is 1. The number of hydrogen-bond donors (Lipinski definition) is 1. The molecule has 0 heterocycles. The van der Waals surface area contributed by atoms with Crippen molar-refractivity contribution in [3.8, 4) is 5.75 Å². The molecule has 0 bridgehead atoms. The Kier molecular flexibility index (Phi) is 5.19. The lowest BCUT2D eigenvalue weighted by atomic mass is 10.2. The molecule has 0 aliphatic heterocycles. The standard InChI is InChI=1S/C14H13ClN2O5S/c1-22-13-7-6-11(17(18)19)8-14(13)23(20,21)16-9-10-4-2-3-5-12(10)15/h2-8,16H,9H2,1H3. The fraction of sp³-hybridized carbons (Fsp3) is 0.143. The average molecular weight is 357 g/mol. The number of halogens is 1. The second-order valence-electron chi connectivity index (χ2n) is 4.51. The van der Waals surface area contributed by atoms with Crippen molar-refractivity contribution >= 4 is 27.3 Å². The molecule has 0 unspecified atom stereocenters. The highest BCUT2D eigenvalue weighted by atomic mass is 35.5. The number of nitro groups is 1. The van der Waals surface area contributed by atoms with Crippen molar-refractivity contribution in [1.82, 2.24) is 4.72 Å². The zero-order valence-electron chi connectivity index (χ0n) is 12.0. The Hall–Kier alpha value is -2.16. The van der Waals surface area contributed by atoms with Gasteiger partial charge in [-0.1, -0.05) is 29.8 Å². The van der Waals surface area contributed by atoms with Crippen LogP contribution in [0.1, 0.15) is 5.56 Å². The topological polar surface area (TPSA) is 98.5 Å². The molecule has 0 fully saturated rings. The van der Waals surface area contributed by atoms with E-state index in [9.17, 15) is 18.5 Å². The third kappa shape index (κ3) is 3.98. The van der Waals surface area contributed by atoms with Gasteiger partial charge in [-0.15, -0.1) is 0 Å². The number of non-ortho nitro benzene ring substituents is 1. The van der Waals surface area contributed by atoms with Crippen molar-refractivity contribution in [2.75, 3.05) is 7.11 Å². The van der Waals surface area contributed by atoms with Crippen molar-refractivity contribution in [2.24, 2.45) is 0 Å². The van der Waals surface area contributed by atoms with Gasteiger partial charge >= 0.3 is 0 Å². The number of methoxy groups -OCH3 is 1. The summed E-state index contributed by atoms with van der Waals surface area (Å²) < 4.78 is 32.2. The van der Waals surface area contributed by atoms with Crippen LogP contribution in [-0.2, 0) is 16.6 Å². The largest absolute Gasteiger partial charge is 0.495 e. The molecule has 0 saturated carbocycles. The number of rotatable bonds is 6. The highest BCUT2D eigenvalue weighted by Gasteiger charge is 2.23. The van der Waals surface area contributed by atoms with E-state index in [4.69, 9.17) is 16.3 Å². The minimum Gasteiger partial charge on any atom is -0.495 e. The van der Waals surface area contributed by atoms with E-state index in [0.717, 1.165) is 6.07 Å². The molecule has 2 rings (SSSR count). The maximum absolute atomic E-state index is 12.4. The van der Waals surface area contributed by atoms with Crippen molar-refractivity contribution in [1.29, 1.82) is 0 Å². The van der Waals surface area contributed by atoms with E-state index in [0.29, 0.717) is 10.6 Å². The second kappa shape index (κ2) is 6.95. The number of sulfonamides is 1. The normalized spacial score (nSPS) is 11.2. The van der Waals surface area contributed by atoms with Crippen molar-refractivity contribution in [2.45, 2.75) is 11.4 Å². The first-order chi connectivity index (χ1) is 10.8. The van der Waals surface area contributed by atoms with Crippen LogP contribution < -0.4 is 9.46 Å². The zero-order valence-corrected chi connectivity index (χ0v) is 13.6. The van der Waals surface area contributed by atoms with E-state index in [-0.39, 0.29) is 22.9 Å². The molecule has 0 radical (unpaired) electrons. The molecule has 23 heavy (non-hydrogen) atoms. The molecule has 2 aromatic carbocycles. The minimum atomic E-state index is -4.01. The molecule has 0 aromatic heterocycles. The SMILES string of the molecule is COc1ccc([N+](=O)[O-])cc1S(=O)(=O)NCc1ccccc1Cl. The third-order valence-electron chi connectivity index (χ3n) is 3.06. The molecule has 7 nitrogen and oxygen atoms in total. The van der Waals surface area contributed by atoms with Gasteiger partial charge in [0.2, 0.25) is 10.0 Å². The highest BCUT2D eigenvalue weighted by molar-refractivity contribution is 7.89. The smallest absolute Gasteiger partial charge is 0.271 e. The molecular formula is C14H13ClN2O5S.